The third-order valence-electron chi connectivity index (χ3n) is 6.82. The van der Waals surface area contributed by atoms with E-state index in [-0.39, 0.29) is 11.5 Å². The number of ether oxygens (including phenoxy) is 1. The number of phenols is 2. The molecule has 0 bridgehead atoms. The molecule has 1 aliphatic heterocycles. The number of aromatic hydroxyl groups is 2. The van der Waals surface area contributed by atoms with Gasteiger partial charge in [-0.05, 0) is 105 Å². The molecule has 1 fully saturated rings. The molecule has 0 spiro atoms. The van der Waals surface area contributed by atoms with Gasteiger partial charge in [-0.25, -0.2) is 4.68 Å². The molecule has 6 nitrogen and oxygen atoms in total. The largest absolute Gasteiger partial charge is 0.508 e. The maximum absolute atomic E-state index is 9.83. The summed E-state index contributed by atoms with van der Waals surface area (Å²) in [4.78, 5) is 2.48. The van der Waals surface area contributed by atoms with Crippen LogP contribution in [0.4, 0.5) is 0 Å². The van der Waals surface area contributed by atoms with E-state index >= 15 is 0 Å². The van der Waals surface area contributed by atoms with Gasteiger partial charge in [0.2, 0.25) is 0 Å². The van der Waals surface area contributed by atoms with Crippen molar-refractivity contribution in [1.82, 2.24) is 14.7 Å². The van der Waals surface area contributed by atoms with Crippen molar-refractivity contribution in [3.05, 3.63) is 78.4 Å². The molecule has 6 heteroatoms. The van der Waals surface area contributed by atoms with Crippen LogP contribution in [0.5, 0.6) is 17.2 Å². The molecule has 5 rings (SSSR count). The van der Waals surface area contributed by atoms with Crippen LogP contribution in [-0.2, 0) is 6.42 Å². The number of hydrogen-bond donors (Lipinski definition) is 2. The SMILES string of the molecule is CCc1c(-c2ccc(OCCN3CCCCC3)cc2)nn(-c2ccc(O)cc2)c1-c1ccc(O)cc1. The van der Waals surface area contributed by atoms with Crippen LogP contribution in [0.1, 0.15) is 31.7 Å². The zero-order chi connectivity index (χ0) is 24.9. The summed E-state index contributed by atoms with van der Waals surface area (Å²) >= 11 is 0. The van der Waals surface area contributed by atoms with E-state index in [1.54, 1.807) is 24.3 Å². The fourth-order valence-corrected chi connectivity index (χ4v) is 4.90. The van der Waals surface area contributed by atoms with E-state index < -0.39 is 0 Å². The Hall–Kier alpha value is -3.77. The minimum absolute atomic E-state index is 0.212. The van der Waals surface area contributed by atoms with E-state index in [2.05, 4.69) is 24.0 Å². The van der Waals surface area contributed by atoms with Gasteiger partial charge in [-0.15, -0.1) is 0 Å². The first-order valence-electron chi connectivity index (χ1n) is 12.8. The second-order valence-electron chi connectivity index (χ2n) is 9.28. The molecule has 2 heterocycles. The second kappa shape index (κ2) is 10.9. The summed E-state index contributed by atoms with van der Waals surface area (Å²) in [5, 5.41) is 24.6. The quantitative estimate of drug-likeness (QED) is 0.320. The van der Waals surface area contributed by atoms with Gasteiger partial charge >= 0.3 is 0 Å². The topological polar surface area (TPSA) is 70.8 Å². The molecule has 0 atom stereocenters. The van der Waals surface area contributed by atoms with Crippen molar-refractivity contribution in [2.24, 2.45) is 0 Å². The van der Waals surface area contributed by atoms with Gasteiger partial charge in [-0.2, -0.15) is 5.10 Å². The van der Waals surface area contributed by atoms with Crippen LogP contribution < -0.4 is 4.74 Å². The van der Waals surface area contributed by atoms with Crippen molar-refractivity contribution in [3.63, 3.8) is 0 Å². The number of aromatic nitrogens is 2. The van der Waals surface area contributed by atoms with Gasteiger partial charge in [0.05, 0.1) is 17.1 Å². The Morgan fingerprint density at radius 2 is 1.39 bits per heavy atom. The maximum Gasteiger partial charge on any atom is 0.119 e. The molecule has 1 aliphatic rings. The summed E-state index contributed by atoms with van der Waals surface area (Å²) < 4.78 is 7.95. The fraction of sp³-hybridized carbons (Fsp3) is 0.300. The van der Waals surface area contributed by atoms with Gasteiger partial charge in [-0.3, -0.25) is 4.90 Å². The van der Waals surface area contributed by atoms with Crippen molar-refractivity contribution in [1.29, 1.82) is 0 Å². The van der Waals surface area contributed by atoms with Crippen LogP contribution in [0, 0.1) is 0 Å². The minimum atomic E-state index is 0.212. The first-order chi connectivity index (χ1) is 17.6. The number of hydrogen-bond acceptors (Lipinski definition) is 5. The van der Waals surface area contributed by atoms with E-state index in [1.807, 2.05) is 41.1 Å². The van der Waals surface area contributed by atoms with E-state index in [9.17, 15) is 10.2 Å². The Morgan fingerprint density at radius 3 is 2.03 bits per heavy atom. The monoisotopic (exact) mass is 483 g/mol. The van der Waals surface area contributed by atoms with Gasteiger partial charge < -0.3 is 14.9 Å². The van der Waals surface area contributed by atoms with Crippen molar-refractivity contribution >= 4 is 0 Å². The first kappa shape index (κ1) is 23.9. The molecule has 0 saturated carbocycles. The molecular weight excluding hydrogens is 450 g/mol. The zero-order valence-corrected chi connectivity index (χ0v) is 20.7. The van der Waals surface area contributed by atoms with Crippen LogP contribution >= 0.6 is 0 Å². The van der Waals surface area contributed by atoms with Crippen LogP contribution in [0.3, 0.4) is 0 Å². The number of phenolic OH excluding ortho intramolecular Hbond substituents is 2. The molecule has 0 radical (unpaired) electrons. The van der Waals surface area contributed by atoms with E-state index in [0.29, 0.717) is 6.61 Å². The van der Waals surface area contributed by atoms with Gasteiger partial charge in [-0.1, -0.05) is 13.3 Å². The lowest BCUT2D eigenvalue weighted by atomic mass is 9.99. The predicted molar refractivity (Wildman–Crippen MR) is 143 cm³/mol. The van der Waals surface area contributed by atoms with Crippen molar-refractivity contribution in [2.45, 2.75) is 32.6 Å². The maximum atomic E-state index is 9.83. The number of piperidine rings is 1. The second-order valence-corrected chi connectivity index (χ2v) is 9.28. The Kier molecular flexibility index (Phi) is 7.23. The normalized spacial score (nSPS) is 14.1. The van der Waals surface area contributed by atoms with Crippen molar-refractivity contribution in [3.8, 4) is 45.5 Å². The Balaban J connectivity index is 1.45. The molecule has 0 unspecified atom stereocenters. The van der Waals surface area contributed by atoms with Crippen LogP contribution in [0.25, 0.3) is 28.2 Å². The molecule has 3 aromatic carbocycles. The van der Waals surface area contributed by atoms with Crippen LogP contribution in [0.15, 0.2) is 72.8 Å². The zero-order valence-electron chi connectivity index (χ0n) is 20.7. The Labute approximate surface area is 212 Å². The smallest absolute Gasteiger partial charge is 0.119 e. The van der Waals surface area contributed by atoms with E-state index in [1.165, 1.54) is 32.4 Å². The summed E-state index contributed by atoms with van der Waals surface area (Å²) in [6, 6.07) is 22.4. The average Bonchev–Trinajstić information content (AvgIpc) is 3.30. The van der Waals surface area contributed by atoms with Gasteiger partial charge in [0, 0.05) is 23.2 Å². The highest BCUT2D eigenvalue weighted by Gasteiger charge is 2.21. The summed E-state index contributed by atoms with van der Waals surface area (Å²) in [6.45, 7) is 6.14. The van der Waals surface area contributed by atoms with Crippen molar-refractivity contribution in [2.75, 3.05) is 26.2 Å². The van der Waals surface area contributed by atoms with Crippen LogP contribution in [0.2, 0.25) is 0 Å². The van der Waals surface area contributed by atoms with Gasteiger partial charge in [0.15, 0.2) is 0 Å². The molecule has 1 saturated heterocycles. The number of likely N-dealkylation sites (tertiary alicyclic amines) is 1. The summed E-state index contributed by atoms with van der Waals surface area (Å²) in [7, 11) is 0. The fourth-order valence-electron chi connectivity index (χ4n) is 4.90. The summed E-state index contributed by atoms with van der Waals surface area (Å²) in [6.07, 6.45) is 4.71. The Bertz CT molecular complexity index is 1270. The summed E-state index contributed by atoms with van der Waals surface area (Å²) in [5.74, 6) is 1.30. The third kappa shape index (κ3) is 5.24. The molecule has 0 amide bonds. The minimum Gasteiger partial charge on any atom is -0.508 e. The predicted octanol–water partition coefficient (Wildman–Crippen LogP) is 6.04. The lowest BCUT2D eigenvalue weighted by Gasteiger charge is -2.26. The molecule has 0 aliphatic carbocycles. The molecule has 36 heavy (non-hydrogen) atoms. The summed E-state index contributed by atoms with van der Waals surface area (Å²) in [5.41, 5.74) is 5.84. The first-order valence-corrected chi connectivity index (χ1v) is 12.8. The van der Waals surface area contributed by atoms with Crippen molar-refractivity contribution < 1.29 is 14.9 Å². The molecule has 186 valence electrons. The molecular formula is C30H33N3O3. The highest BCUT2D eigenvalue weighted by molar-refractivity contribution is 5.76. The highest BCUT2D eigenvalue weighted by atomic mass is 16.5. The number of benzene rings is 3. The number of rotatable bonds is 8. The average molecular weight is 484 g/mol. The van der Waals surface area contributed by atoms with E-state index in [4.69, 9.17) is 9.84 Å². The standard InChI is InChI=1S/C30H33N3O3/c1-2-28-29(22-8-16-27(17-9-22)36-21-20-32-18-4-3-5-19-32)31-33(24-10-14-26(35)15-11-24)30(28)23-6-12-25(34)13-7-23/h6-17,34-35H,2-5,18-21H2,1H3. The molecule has 1 aromatic heterocycles. The lowest BCUT2D eigenvalue weighted by molar-refractivity contribution is 0.183. The van der Waals surface area contributed by atoms with E-state index in [0.717, 1.165) is 52.5 Å². The third-order valence-corrected chi connectivity index (χ3v) is 6.82. The van der Waals surface area contributed by atoms with Crippen LogP contribution in [-0.4, -0.2) is 51.1 Å². The van der Waals surface area contributed by atoms with Gasteiger partial charge in [0.1, 0.15) is 23.9 Å². The highest BCUT2D eigenvalue weighted by Crippen LogP contribution is 2.36. The molecule has 2 N–H and O–H groups in total. The molecule has 4 aromatic rings. The lowest BCUT2D eigenvalue weighted by Crippen LogP contribution is -2.33. The number of nitrogens with zero attached hydrogens (tertiary/aromatic N) is 3. The Morgan fingerprint density at radius 1 is 0.778 bits per heavy atom. The van der Waals surface area contributed by atoms with Gasteiger partial charge in [0.25, 0.3) is 0 Å².